The Morgan fingerprint density at radius 3 is 2.68 bits per heavy atom. The summed E-state index contributed by atoms with van der Waals surface area (Å²) in [6, 6.07) is 13.5. The molecule has 9 rings (SSSR count). The van der Waals surface area contributed by atoms with Crippen LogP contribution in [0.5, 0.6) is 11.8 Å². The average molecular weight is 634 g/mol. The molecule has 5 fully saturated rings. The van der Waals surface area contributed by atoms with Gasteiger partial charge in [-0.1, -0.05) is 24.1 Å². The summed E-state index contributed by atoms with van der Waals surface area (Å²) in [5, 5.41) is 16.4. The third-order valence-electron chi connectivity index (χ3n) is 11.4. The highest BCUT2D eigenvalue weighted by Crippen LogP contribution is 2.49. The molecule has 4 saturated heterocycles. The van der Waals surface area contributed by atoms with Crippen molar-refractivity contribution in [2.24, 2.45) is 10.8 Å². The van der Waals surface area contributed by atoms with Gasteiger partial charge in [-0.3, -0.25) is 0 Å². The van der Waals surface area contributed by atoms with E-state index in [1.54, 1.807) is 18.2 Å². The molecule has 2 bridgehead atoms. The molecule has 2 N–H and O–H groups in total. The highest BCUT2D eigenvalue weighted by atomic mass is 19.1. The fraction of sp³-hybridized carbons (Fsp3) is 0.474. The first kappa shape index (κ1) is 29.2. The molecule has 1 aromatic heterocycles. The summed E-state index contributed by atoms with van der Waals surface area (Å²) in [6.07, 6.45) is 12.7. The lowest BCUT2D eigenvalue weighted by Crippen LogP contribution is -2.51. The molecule has 5 heterocycles. The maximum Gasteiger partial charge on any atom is 0.319 e. The Morgan fingerprint density at radius 1 is 1.06 bits per heavy atom. The van der Waals surface area contributed by atoms with E-state index in [4.69, 9.17) is 25.9 Å². The second-order valence-electron chi connectivity index (χ2n) is 14.8. The van der Waals surface area contributed by atoms with E-state index < -0.39 is 5.82 Å². The number of benzene rings is 3. The fourth-order valence-corrected chi connectivity index (χ4v) is 8.70. The Hall–Kier alpha value is -3.97. The molecular formula is C38H40FN5O3. The molecule has 8 nitrogen and oxygen atoms in total. The van der Waals surface area contributed by atoms with E-state index in [2.05, 4.69) is 21.0 Å². The number of piperazine rings is 1. The third-order valence-corrected chi connectivity index (χ3v) is 11.4. The average Bonchev–Trinajstić information content (AvgIpc) is 3.33. The number of nitrogens with one attached hydrogen (secondary N) is 1. The van der Waals surface area contributed by atoms with Gasteiger partial charge in [-0.05, 0) is 80.3 Å². The number of ether oxygens (including phenoxy) is 2. The second kappa shape index (κ2) is 11.0. The van der Waals surface area contributed by atoms with Crippen LogP contribution in [-0.2, 0) is 4.74 Å². The first-order chi connectivity index (χ1) is 22.9. The van der Waals surface area contributed by atoms with Crippen LogP contribution in [0.4, 0.5) is 10.2 Å². The van der Waals surface area contributed by atoms with Crippen LogP contribution in [0.1, 0.15) is 44.1 Å². The monoisotopic (exact) mass is 633 g/mol. The molecule has 4 aliphatic heterocycles. The molecule has 3 aromatic carbocycles. The minimum Gasteiger partial charge on any atom is -0.508 e. The number of terminal acetylenes is 1. The van der Waals surface area contributed by atoms with Crippen molar-refractivity contribution in [3.05, 3.63) is 53.8 Å². The van der Waals surface area contributed by atoms with Crippen molar-refractivity contribution in [3.8, 4) is 35.2 Å². The van der Waals surface area contributed by atoms with E-state index >= 15 is 4.39 Å². The van der Waals surface area contributed by atoms with E-state index in [1.165, 1.54) is 6.42 Å². The molecule has 9 heteroatoms. The SMILES string of the molecule is C#Cc1cccc2cc(O)cc(-c3ccc4c(N5CC6CCC(C5)N6)nc(OCC5(CN6CCC7(CCOC7)C6)CC5)nc4c3F)c12. The van der Waals surface area contributed by atoms with Crippen molar-refractivity contribution in [2.75, 3.05) is 57.4 Å². The molecule has 4 aromatic rings. The number of fused-ring (bicyclic) bond motifs is 4. The van der Waals surface area contributed by atoms with Crippen molar-refractivity contribution >= 4 is 27.5 Å². The summed E-state index contributed by atoms with van der Waals surface area (Å²) in [7, 11) is 0. The van der Waals surface area contributed by atoms with Crippen molar-refractivity contribution in [3.63, 3.8) is 0 Å². The van der Waals surface area contributed by atoms with Gasteiger partial charge in [0.2, 0.25) is 0 Å². The first-order valence-corrected chi connectivity index (χ1v) is 17.1. The standard InChI is InChI=1S/C38H40FN5O3/c1-2-24-4-3-5-25-16-28(45)17-31(32(24)25)29-8-9-30-34(33(29)39)41-36(42-35(30)44-18-26-6-7-27(19-44)40-26)47-23-37(10-11-37)20-43-14-12-38(21-43)13-15-46-22-38/h1,3-5,8-9,16-17,26-27,40,45H,6-7,10-15,18-23H2. The van der Waals surface area contributed by atoms with Crippen LogP contribution in [0.15, 0.2) is 42.5 Å². The van der Waals surface area contributed by atoms with Crippen molar-refractivity contribution in [1.82, 2.24) is 20.2 Å². The van der Waals surface area contributed by atoms with Gasteiger partial charge in [0.05, 0.1) is 13.2 Å². The minimum atomic E-state index is -0.477. The summed E-state index contributed by atoms with van der Waals surface area (Å²) >= 11 is 0. The molecule has 1 saturated carbocycles. The van der Waals surface area contributed by atoms with E-state index in [-0.39, 0.29) is 22.7 Å². The number of hydrogen-bond donors (Lipinski definition) is 2. The number of nitrogens with zero attached hydrogens (tertiary/aromatic N) is 4. The highest BCUT2D eigenvalue weighted by molar-refractivity contribution is 6.04. The van der Waals surface area contributed by atoms with Crippen molar-refractivity contribution in [2.45, 2.75) is 50.6 Å². The summed E-state index contributed by atoms with van der Waals surface area (Å²) in [6.45, 7) is 7.07. The summed E-state index contributed by atoms with van der Waals surface area (Å²) in [5.74, 6) is 3.02. The molecule has 3 unspecified atom stereocenters. The van der Waals surface area contributed by atoms with Gasteiger partial charge in [0, 0.05) is 77.6 Å². The summed E-state index contributed by atoms with van der Waals surface area (Å²) in [4.78, 5) is 14.6. The van der Waals surface area contributed by atoms with Crippen molar-refractivity contribution < 1.29 is 19.0 Å². The largest absolute Gasteiger partial charge is 0.508 e. The predicted octanol–water partition coefficient (Wildman–Crippen LogP) is 5.49. The Kier molecular flexibility index (Phi) is 6.86. The lowest BCUT2D eigenvalue weighted by atomic mass is 9.87. The lowest BCUT2D eigenvalue weighted by Gasteiger charge is -2.34. The fourth-order valence-electron chi connectivity index (χ4n) is 8.70. The Labute approximate surface area is 274 Å². The Balaban J connectivity index is 1.08. The predicted molar refractivity (Wildman–Crippen MR) is 180 cm³/mol. The van der Waals surface area contributed by atoms with E-state index in [0.717, 1.165) is 88.8 Å². The molecule has 3 atom stereocenters. The van der Waals surface area contributed by atoms with E-state index in [0.29, 0.717) is 52.0 Å². The van der Waals surface area contributed by atoms with Gasteiger partial charge in [-0.15, -0.1) is 6.42 Å². The van der Waals surface area contributed by atoms with Gasteiger partial charge in [-0.2, -0.15) is 9.97 Å². The van der Waals surface area contributed by atoms with Gasteiger partial charge < -0.3 is 29.7 Å². The van der Waals surface area contributed by atoms with Crippen LogP contribution in [0.3, 0.4) is 0 Å². The third kappa shape index (κ3) is 5.18. The zero-order valence-corrected chi connectivity index (χ0v) is 26.6. The molecular weight excluding hydrogens is 593 g/mol. The smallest absolute Gasteiger partial charge is 0.319 e. The van der Waals surface area contributed by atoms with Gasteiger partial charge in [0.25, 0.3) is 0 Å². The number of hydrogen-bond acceptors (Lipinski definition) is 8. The normalized spacial score (nSPS) is 26.4. The molecule has 0 radical (unpaired) electrons. The van der Waals surface area contributed by atoms with Crippen LogP contribution >= 0.6 is 0 Å². The van der Waals surface area contributed by atoms with Crippen LogP contribution in [0.25, 0.3) is 32.8 Å². The molecule has 1 spiro atoms. The van der Waals surface area contributed by atoms with E-state index in [1.807, 2.05) is 24.3 Å². The lowest BCUT2D eigenvalue weighted by molar-refractivity contribution is 0.138. The molecule has 242 valence electrons. The Morgan fingerprint density at radius 2 is 1.91 bits per heavy atom. The van der Waals surface area contributed by atoms with Gasteiger partial charge in [-0.25, -0.2) is 4.39 Å². The maximum absolute atomic E-state index is 16.9. The number of likely N-dealkylation sites (tertiary alicyclic amines) is 1. The quantitative estimate of drug-likeness (QED) is 0.259. The number of rotatable bonds is 7. The second-order valence-corrected chi connectivity index (χ2v) is 14.8. The van der Waals surface area contributed by atoms with Gasteiger partial charge in [0.15, 0.2) is 5.82 Å². The van der Waals surface area contributed by atoms with Gasteiger partial charge in [0.1, 0.15) is 17.1 Å². The van der Waals surface area contributed by atoms with Crippen molar-refractivity contribution in [1.29, 1.82) is 0 Å². The molecule has 0 amide bonds. The number of phenols is 1. The maximum atomic E-state index is 16.9. The zero-order chi connectivity index (χ0) is 31.8. The first-order valence-electron chi connectivity index (χ1n) is 17.1. The van der Waals surface area contributed by atoms with Crippen LogP contribution in [0.2, 0.25) is 0 Å². The molecule has 1 aliphatic carbocycles. The number of aromatic nitrogens is 2. The van der Waals surface area contributed by atoms with Crippen LogP contribution < -0.4 is 15.0 Å². The molecule has 47 heavy (non-hydrogen) atoms. The topological polar surface area (TPSA) is 83.0 Å². The summed E-state index contributed by atoms with van der Waals surface area (Å²) < 4.78 is 29.1. The number of phenolic OH excluding ortho intramolecular Hbond substituents is 1. The van der Waals surface area contributed by atoms with E-state index in [9.17, 15) is 5.11 Å². The minimum absolute atomic E-state index is 0.0453. The number of aromatic hydroxyl groups is 1. The zero-order valence-electron chi connectivity index (χ0n) is 26.6. The summed E-state index contributed by atoms with van der Waals surface area (Å²) in [5.41, 5.74) is 2.12. The number of halogens is 1. The number of anilines is 1. The Bertz CT molecular complexity index is 1920. The molecule has 5 aliphatic rings. The van der Waals surface area contributed by atoms with Gasteiger partial charge >= 0.3 is 6.01 Å². The van der Waals surface area contributed by atoms with Crippen LogP contribution in [0, 0.1) is 29.0 Å². The highest BCUT2D eigenvalue weighted by Gasteiger charge is 2.49. The van der Waals surface area contributed by atoms with Crippen LogP contribution in [-0.4, -0.2) is 84.6 Å².